The van der Waals surface area contributed by atoms with E-state index in [1.54, 1.807) is 6.20 Å². The molecule has 126 valence electrons. The summed E-state index contributed by atoms with van der Waals surface area (Å²) < 4.78 is 1.91. The van der Waals surface area contributed by atoms with Crippen LogP contribution in [-0.4, -0.2) is 81.7 Å². The first-order chi connectivity index (χ1) is 11.2. The van der Waals surface area contributed by atoms with Crippen LogP contribution in [0.4, 0.5) is 5.82 Å². The molecule has 0 aromatic carbocycles. The molecule has 3 heterocycles. The fraction of sp³-hybridized carbons (Fsp3) is 0.688. The second-order valence-corrected chi connectivity index (χ2v) is 6.05. The Morgan fingerprint density at radius 1 is 1.09 bits per heavy atom. The molecule has 3 rings (SSSR count). The number of piperazine rings is 1. The van der Waals surface area contributed by atoms with Crippen molar-refractivity contribution >= 4 is 11.5 Å². The van der Waals surface area contributed by atoms with Crippen LogP contribution >= 0.6 is 0 Å². The highest BCUT2D eigenvalue weighted by atomic mass is 15.4. The van der Waals surface area contributed by atoms with Gasteiger partial charge in [0.2, 0.25) is 0 Å². The molecule has 0 saturated carbocycles. The minimum Gasteiger partial charge on any atom is -0.353 e. The molecule has 1 aliphatic rings. The van der Waals surface area contributed by atoms with Crippen LogP contribution in [0.1, 0.15) is 19.7 Å². The van der Waals surface area contributed by atoms with E-state index >= 15 is 0 Å². The van der Waals surface area contributed by atoms with Crippen LogP contribution in [-0.2, 0) is 0 Å². The van der Waals surface area contributed by atoms with Crippen LogP contribution in [0.2, 0.25) is 0 Å². The van der Waals surface area contributed by atoms with Crippen molar-refractivity contribution in [3.63, 3.8) is 0 Å². The first kappa shape index (κ1) is 16.1. The van der Waals surface area contributed by atoms with Gasteiger partial charge in [-0.3, -0.25) is 9.88 Å². The summed E-state index contributed by atoms with van der Waals surface area (Å²) in [7, 11) is 0. The molecule has 0 amide bonds. The predicted molar refractivity (Wildman–Crippen MR) is 92.0 cm³/mol. The molecular formula is C16H27N7. The van der Waals surface area contributed by atoms with Crippen LogP contribution in [0.15, 0.2) is 12.4 Å². The Labute approximate surface area is 137 Å². The van der Waals surface area contributed by atoms with Gasteiger partial charge in [-0.05, 0) is 20.0 Å². The summed E-state index contributed by atoms with van der Waals surface area (Å²) in [4.78, 5) is 16.1. The largest absolute Gasteiger partial charge is 0.353 e. The van der Waals surface area contributed by atoms with E-state index in [9.17, 15) is 0 Å². The Morgan fingerprint density at radius 3 is 2.52 bits per heavy atom. The zero-order valence-corrected chi connectivity index (χ0v) is 14.4. The smallest absolute Gasteiger partial charge is 0.176 e. The summed E-state index contributed by atoms with van der Waals surface area (Å²) in [5.41, 5.74) is 0.823. The topological polar surface area (TPSA) is 52.8 Å². The van der Waals surface area contributed by atoms with Crippen molar-refractivity contribution in [2.75, 3.05) is 57.3 Å². The van der Waals surface area contributed by atoms with E-state index < -0.39 is 0 Å². The Morgan fingerprint density at radius 2 is 1.83 bits per heavy atom. The third-order valence-corrected chi connectivity index (χ3v) is 4.66. The van der Waals surface area contributed by atoms with Crippen molar-refractivity contribution in [1.82, 2.24) is 29.4 Å². The van der Waals surface area contributed by atoms with Crippen molar-refractivity contribution in [2.45, 2.75) is 20.8 Å². The predicted octanol–water partition coefficient (Wildman–Crippen LogP) is 0.897. The highest BCUT2D eigenvalue weighted by Gasteiger charge is 2.20. The van der Waals surface area contributed by atoms with Crippen LogP contribution in [0, 0.1) is 6.92 Å². The molecule has 0 unspecified atom stereocenters. The van der Waals surface area contributed by atoms with Crippen molar-refractivity contribution < 1.29 is 0 Å². The number of rotatable bonds is 6. The SMILES string of the molecule is CCN(CC)CCN1CCN(c2cncc3nc(C)nn23)CC1. The third kappa shape index (κ3) is 3.61. The fourth-order valence-electron chi connectivity index (χ4n) is 3.15. The second kappa shape index (κ2) is 7.23. The van der Waals surface area contributed by atoms with Crippen LogP contribution < -0.4 is 4.90 Å². The molecule has 0 radical (unpaired) electrons. The number of aryl methyl sites for hydroxylation is 1. The summed E-state index contributed by atoms with van der Waals surface area (Å²) in [5, 5.41) is 4.49. The highest BCUT2D eigenvalue weighted by Crippen LogP contribution is 2.16. The lowest BCUT2D eigenvalue weighted by molar-refractivity contribution is 0.205. The van der Waals surface area contributed by atoms with Gasteiger partial charge in [0.25, 0.3) is 0 Å². The monoisotopic (exact) mass is 317 g/mol. The average Bonchev–Trinajstić information content (AvgIpc) is 2.96. The zero-order valence-electron chi connectivity index (χ0n) is 14.4. The summed E-state index contributed by atoms with van der Waals surface area (Å²) in [5.74, 6) is 1.84. The summed E-state index contributed by atoms with van der Waals surface area (Å²) in [6, 6.07) is 0. The summed E-state index contributed by atoms with van der Waals surface area (Å²) in [6.07, 6.45) is 3.66. The molecule has 0 bridgehead atoms. The number of anilines is 1. The van der Waals surface area contributed by atoms with E-state index in [0.29, 0.717) is 0 Å². The Hall–Kier alpha value is -1.73. The van der Waals surface area contributed by atoms with Crippen LogP contribution in [0.5, 0.6) is 0 Å². The molecule has 2 aromatic heterocycles. The molecule has 2 aromatic rings. The molecule has 7 heteroatoms. The minimum absolute atomic E-state index is 0.789. The normalized spacial score (nSPS) is 16.6. The van der Waals surface area contributed by atoms with Gasteiger partial charge in [-0.15, -0.1) is 5.10 Å². The van der Waals surface area contributed by atoms with E-state index in [4.69, 9.17) is 0 Å². The summed E-state index contributed by atoms with van der Waals surface area (Å²) in [6.45, 7) is 15.2. The molecule has 7 nitrogen and oxygen atoms in total. The molecule has 0 aliphatic carbocycles. The zero-order chi connectivity index (χ0) is 16.2. The standard InChI is InChI=1S/C16H27N7/c1-4-20(5-2)6-7-21-8-10-22(11-9-21)16-13-17-12-15-18-14(3)19-23(15)16/h12-13H,4-11H2,1-3H3. The maximum absolute atomic E-state index is 4.49. The van der Waals surface area contributed by atoms with E-state index in [1.807, 2.05) is 17.6 Å². The lowest BCUT2D eigenvalue weighted by Gasteiger charge is -2.36. The number of likely N-dealkylation sites (N-methyl/N-ethyl adjacent to an activating group) is 1. The van der Waals surface area contributed by atoms with E-state index in [-0.39, 0.29) is 0 Å². The molecule has 1 aliphatic heterocycles. The lowest BCUT2D eigenvalue weighted by Crippen LogP contribution is -2.49. The van der Waals surface area contributed by atoms with Crippen molar-refractivity contribution in [1.29, 1.82) is 0 Å². The van der Waals surface area contributed by atoms with Crippen molar-refractivity contribution in [2.24, 2.45) is 0 Å². The van der Waals surface area contributed by atoms with Gasteiger partial charge >= 0.3 is 0 Å². The van der Waals surface area contributed by atoms with Crippen LogP contribution in [0.3, 0.4) is 0 Å². The van der Waals surface area contributed by atoms with E-state index in [1.165, 1.54) is 0 Å². The number of hydrogen-bond donors (Lipinski definition) is 0. The maximum Gasteiger partial charge on any atom is 0.176 e. The van der Waals surface area contributed by atoms with Crippen molar-refractivity contribution in [3.05, 3.63) is 18.2 Å². The summed E-state index contributed by atoms with van der Waals surface area (Å²) >= 11 is 0. The Kier molecular flexibility index (Phi) is 5.07. The molecule has 0 spiro atoms. The number of nitrogens with zero attached hydrogens (tertiary/aromatic N) is 7. The highest BCUT2D eigenvalue weighted by molar-refractivity contribution is 5.47. The van der Waals surface area contributed by atoms with E-state index in [0.717, 1.165) is 69.6 Å². The van der Waals surface area contributed by atoms with Gasteiger partial charge in [-0.1, -0.05) is 13.8 Å². The second-order valence-electron chi connectivity index (χ2n) is 6.05. The number of fused-ring (bicyclic) bond motifs is 1. The van der Waals surface area contributed by atoms with Gasteiger partial charge < -0.3 is 9.80 Å². The van der Waals surface area contributed by atoms with E-state index in [2.05, 4.69) is 43.6 Å². The quantitative estimate of drug-likeness (QED) is 0.789. The van der Waals surface area contributed by atoms with Gasteiger partial charge in [0.1, 0.15) is 5.82 Å². The minimum atomic E-state index is 0.789. The van der Waals surface area contributed by atoms with Gasteiger partial charge in [0.05, 0.1) is 12.4 Å². The lowest BCUT2D eigenvalue weighted by atomic mass is 10.3. The van der Waals surface area contributed by atoms with Gasteiger partial charge in [0.15, 0.2) is 11.5 Å². The fourth-order valence-corrected chi connectivity index (χ4v) is 3.15. The molecule has 1 saturated heterocycles. The molecule has 0 N–H and O–H groups in total. The van der Waals surface area contributed by atoms with Gasteiger partial charge in [-0.2, -0.15) is 4.52 Å². The number of aromatic nitrogens is 4. The third-order valence-electron chi connectivity index (χ3n) is 4.66. The molecular weight excluding hydrogens is 290 g/mol. The van der Waals surface area contributed by atoms with Gasteiger partial charge in [0, 0.05) is 39.3 Å². The molecule has 1 fully saturated rings. The van der Waals surface area contributed by atoms with Crippen molar-refractivity contribution in [3.8, 4) is 0 Å². The molecule has 23 heavy (non-hydrogen) atoms. The Balaban J connectivity index is 1.60. The molecule has 0 atom stereocenters. The number of hydrogen-bond acceptors (Lipinski definition) is 6. The first-order valence-corrected chi connectivity index (χ1v) is 8.58. The Bertz CT molecular complexity index is 626. The maximum atomic E-state index is 4.49. The average molecular weight is 317 g/mol. The first-order valence-electron chi connectivity index (χ1n) is 8.58. The van der Waals surface area contributed by atoms with Crippen LogP contribution in [0.25, 0.3) is 5.65 Å². The van der Waals surface area contributed by atoms with Gasteiger partial charge in [-0.25, -0.2) is 4.98 Å².